The van der Waals surface area contributed by atoms with E-state index in [0.29, 0.717) is 12.1 Å². The highest BCUT2D eigenvalue weighted by atomic mass is 35.5. The number of hydrogen-bond donors (Lipinski definition) is 2. The number of rotatable bonds is 3. The Morgan fingerprint density at radius 1 is 1.48 bits per heavy atom. The number of aromatic nitrogens is 1. The van der Waals surface area contributed by atoms with Crippen molar-refractivity contribution < 1.29 is 28.3 Å². The van der Waals surface area contributed by atoms with Crippen LogP contribution in [0.15, 0.2) is 29.5 Å². The summed E-state index contributed by atoms with van der Waals surface area (Å²) in [6.07, 6.45) is 2.24. The van der Waals surface area contributed by atoms with Crippen LogP contribution in [0.25, 0.3) is 0 Å². The Morgan fingerprint density at radius 3 is 2.89 bits per heavy atom. The SMILES string of the molecule is Cc1cn(O)cc(Cl)c1=NC(=O)c1ccc(OC(F)F)c2c1NC[C@H](C)O2. The quantitative estimate of drug-likeness (QED) is 0.774. The molecule has 0 saturated heterocycles. The number of aryl methyl sites for hydroxylation is 1. The van der Waals surface area contributed by atoms with Gasteiger partial charge in [0.1, 0.15) is 6.10 Å². The van der Waals surface area contributed by atoms with E-state index in [-0.39, 0.29) is 39.2 Å². The summed E-state index contributed by atoms with van der Waals surface area (Å²) in [6, 6.07) is 2.56. The number of fused-ring (bicyclic) bond motifs is 1. The maximum absolute atomic E-state index is 12.7. The number of anilines is 1. The number of benzene rings is 1. The third kappa shape index (κ3) is 3.97. The first-order valence-electron chi connectivity index (χ1n) is 7.95. The van der Waals surface area contributed by atoms with Gasteiger partial charge in [-0.3, -0.25) is 4.79 Å². The summed E-state index contributed by atoms with van der Waals surface area (Å²) in [7, 11) is 0. The van der Waals surface area contributed by atoms with E-state index in [2.05, 4.69) is 15.0 Å². The molecule has 0 radical (unpaired) electrons. The van der Waals surface area contributed by atoms with Gasteiger partial charge in [-0.2, -0.15) is 8.78 Å². The molecule has 0 unspecified atom stereocenters. The second-order valence-electron chi connectivity index (χ2n) is 5.94. The number of alkyl halides is 2. The van der Waals surface area contributed by atoms with E-state index in [4.69, 9.17) is 16.3 Å². The van der Waals surface area contributed by atoms with Crippen molar-refractivity contribution in [3.63, 3.8) is 0 Å². The van der Waals surface area contributed by atoms with Crippen molar-refractivity contribution in [3.8, 4) is 11.5 Å². The number of pyridine rings is 1. The predicted octanol–water partition coefficient (Wildman–Crippen LogP) is 3.22. The summed E-state index contributed by atoms with van der Waals surface area (Å²) >= 11 is 6.04. The molecule has 2 heterocycles. The minimum absolute atomic E-state index is 0.0270. The minimum atomic E-state index is -3.03. The summed E-state index contributed by atoms with van der Waals surface area (Å²) in [4.78, 5) is 16.7. The molecule has 0 aliphatic carbocycles. The van der Waals surface area contributed by atoms with Gasteiger partial charge in [0.15, 0.2) is 11.5 Å². The largest absolute Gasteiger partial charge is 0.483 e. The third-order valence-electron chi connectivity index (χ3n) is 3.84. The molecule has 7 nitrogen and oxygen atoms in total. The van der Waals surface area contributed by atoms with Gasteiger partial charge in [-0.1, -0.05) is 11.6 Å². The third-order valence-corrected chi connectivity index (χ3v) is 4.11. The molecule has 3 rings (SSSR count). The van der Waals surface area contributed by atoms with Gasteiger partial charge in [-0.05, 0) is 31.5 Å². The van der Waals surface area contributed by atoms with Crippen molar-refractivity contribution in [2.24, 2.45) is 4.99 Å². The maximum Gasteiger partial charge on any atom is 0.387 e. The van der Waals surface area contributed by atoms with E-state index in [1.54, 1.807) is 13.8 Å². The lowest BCUT2D eigenvalue weighted by molar-refractivity contribution is -0.0519. The molecular weight excluding hydrogens is 384 g/mol. The summed E-state index contributed by atoms with van der Waals surface area (Å²) in [5, 5.41) is 12.7. The minimum Gasteiger partial charge on any atom is -0.483 e. The van der Waals surface area contributed by atoms with Crippen molar-refractivity contribution in [1.29, 1.82) is 0 Å². The number of ether oxygens (including phenoxy) is 2. The van der Waals surface area contributed by atoms with E-state index >= 15 is 0 Å². The molecule has 0 saturated carbocycles. The standard InChI is InChI=1S/C17H16ClF2N3O4/c1-8-6-23(25)7-11(18)13(8)22-16(24)10-3-4-12(27-17(19)20)15-14(10)21-5-9(2)26-15/h3-4,6-7,9,17,21,25H,5H2,1-2H3/t9-/m0/s1. The molecule has 1 aromatic carbocycles. The van der Waals surface area contributed by atoms with Gasteiger partial charge in [0.25, 0.3) is 5.91 Å². The van der Waals surface area contributed by atoms with Gasteiger partial charge < -0.3 is 20.0 Å². The van der Waals surface area contributed by atoms with E-state index in [1.807, 2.05) is 0 Å². The maximum atomic E-state index is 12.7. The summed E-state index contributed by atoms with van der Waals surface area (Å²) in [5.41, 5.74) is 0.819. The molecule has 2 N–H and O–H groups in total. The van der Waals surface area contributed by atoms with E-state index in [1.165, 1.54) is 24.5 Å². The molecule has 1 aliphatic rings. The topological polar surface area (TPSA) is 85.1 Å². The van der Waals surface area contributed by atoms with E-state index in [0.717, 1.165) is 4.73 Å². The molecular formula is C17H16ClF2N3O4. The van der Waals surface area contributed by atoms with Gasteiger partial charge >= 0.3 is 6.61 Å². The summed E-state index contributed by atoms with van der Waals surface area (Å²) in [6.45, 7) is 0.722. The Balaban J connectivity index is 2.09. The lowest BCUT2D eigenvalue weighted by atomic mass is 10.1. The Bertz CT molecular complexity index is 936. The number of nitrogens with zero attached hydrogens (tertiary/aromatic N) is 2. The first-order valence-corrected chi connectivity index (χ1v) is 8.33. The first kappa shape index (κ1) is 19.0. The van der Waals surface area contributed by atoms with Crippen LogP contribution in [-0.2, 0) is 0 Å². The number of carbonyl (C=O) groups excluding carboxylic acids is 1. The highest BCUT2D eigenvalue weighted by molar-refractivity contribution is 6.30. The fraction of sp³-hybridized carbons (Fsp3) is 0.294. The number of amides is 1. The average molecular weight is 400 g/mol. The van der Waals surface area contributed by atoms with Crippen molar-refractivity contribution in [2.45, 2.75) is 26.6 Å². The zero-order valence-electron chi connectivity index (χ0n) is 14.4. The van der Waals surface area contributed by atoms with E-state index < -0.39 is 12.5 Å². The molecule has 0 spiro atoms. The first-order chi connectivity index (χ1) is 12.8. The summed E-state index contributed by atoms with van der Waals surface area (Å²) < 4.78 is 36.1. The Labute approximate surface area is 157 Å². The number of carbonyl (C=O) groups is 1. The number of nitrogens with one attached hydrogen (secondary N) is 1. The van der Waals surface area contributed by atoms with Gasteiger partial charge in [0.05, 0.1) is 34.4 Å². The van der Waals surface area contributed by atoms with Crippen LogP contribution in [0.1, 0.15) is 22.8 Å². The molecule has 2 aromatic rings. The van der Waals surface area contributed by atoms with Crippen LogP contribution in [0.2, 0.25) is 5.02 Å². The molecule has 1 atom stereocenters. The molecule has 1 amide bonds. The van der Waals surface area contributed by atoms with Crippen LogP contribution in [0.4, 0.5) is 14.5 Å². The van der Waals surface area contributed by atoms with Gasteiger partial charge in [0.2, 0.25) is 0 Å². The van der Waals surface area contributed by atoms with Crippen LogP contribution < -0.4 is 20.1 Å². The fourth-order valence-corrected chi connectivity index (χ4v) is 2.97. The van der Waals surface area contributed by atoms with Gasteiger partial charge in [0, 0.05) is 6.20 Å². The zero-order chi connectivity index (χ0) is 19.7. The van der Waals surface area contributed by atoms with Crippen molar-refractivity contribution in [2.75, 3.05) is 11.9 Å². The smallest absolute Gasteiger partial charge is 0.387 e. The predicted molar refractivity (Wildman–Crippen MR) is 92.9 cm³/mol. The molecule has 0 fully saturated rings. The normalized spacial score (nSPS) is 16.5. The average Bonchev–Trinajstić information content (AvgIpc) is 2.57. The van der Waals surface area contributed by atoms with Crippen LogP contribution >= 0.6 is 11.6 Å². The van der Waals surface area contributed by atoms with E-state index in [9.17, 15) is 18.8 Å². The lowest BCUT2D eigenvalue weighted by Crippen LogP contribution is -2.29. The van der Waals surface area contributed by atoms with Gasteiger partial charge in [-0.15, -0.1) is 0 Å². The number of hydrogen-bond acceptors (Lipinski definition) is 5. The molecule has 0 bridgehead atoms. The van der Waals surface area contributed by atoms with Crippen molar-refractivity contribution >= 4 is 23.2 Å². The zero-order valence-corrected chi connectivity index (χ0v) is 15.1. The highest BCUT2D eigenvalue weighted by Crippen LogP contribution is 2.42. The van der Waals surface area contributed by atoms with Crippen molar-refractivity contribution in [1.82, 2.24) is 4.73 Å². The van der Waals surface area contributed by atoms with Crippen molar-refractivity contribution in [3.05, 3.63) is 46.0 Å². The van der Waals surface area contributed by atoms with Crippen LogP contribution in [0.3, 0.4) is 0 Å². The van der Waals surface area contributed by atoms with Crippen LogP contribution in [0.5, 0.6) is 11.5 Å². The second kappa shape index (κ2) is 7.43. The highest BCUT2D eigenvalue weighted by Gasteiger charge is 2.27. The number of halogens is 3. The Kier molecular flexibility index (Phi) is 5.22. The molecule has 1 aromatic heterocycles. The summed E-state index contributed by atoms with van der Waals surface area (Å²) in [5.74, 6) is -0.800. The lowest BCUT2D eigenvalue weighted by Gasteiger charge is -2.27. The molecule has 27 heavy (non-hydrogen) atoms. The van der Waals surface area contributed by atoms with Crippen LogP contribution in [-0.4, -0.2) is 35.1 Å². The molecule has 10 heteroatoms. The second-order valence-corrected chi connectivity index (χ2v) is 6.35. The molecule has 144 valence electrons. The Morgan fingerprint density at radius 2 is 2.22 bits per heavy atom. The Hall–Kier alpha value is -2.81. The van der Waals surface area contributed by atoms with Gasteiger partial charge in [-0.25, -0.2) is 9.72 Å². The fourth-order valence-electron chi connectivity index (χ4n) is 2.68. The van der Waals surface area contributed by atoms with Crippen LogP contribution in [0, 0.1) is 6.92 Å². The molecule has 1 aliphatic heterocycles. The monoisotopic (exact) mass is 399 g/mol.